The minimum absolute atomic E-state index is 0.0418. The lowest BCUT2D eigenvalue weighted by Gasteiger charge is -2.19. The molecule has 0 unspecified atom stereocenters. The van der Waals surface area contributed by atoms with Crippen molar-refractivity contribution in [3.8, 4) is 5.75 Å². The molecule has 0 aromatic heterocycles. The van der Waals surface area contributed by atoms with Crippen molar-refractivity contribution in [3.63, 3.8) is 0 Å². The molecule has 0 radical (unpaired) electrons. The lowest BCUT2D eigenvalue weighted by Crippen LogP contribution is -2.29. The average molecular weight is 270 g/mol. The second-order valence-corrected chi connectivity index (χ2v) is 9.86. The van der Waals surface area contributed by atoms with E-state index in [2.05, 4.69) is 19.6 Å². The minimum Gasteiger partial charge on any atom is -0.544 e. The molecule has 2 aromatic rings. The first kappa shape index (κ1) is 13.6. The third-order valence-corrected chi connectivity index (χ3v) is 3.42. The van der Waals surface area contributed by atoms with Gasteiger partial charge in [-0.05, 0) is 43.9 Å². The van der Waals surface area contributed by atoms with Gasteiger partial charge in [0.15, 0.2) is 5.78 Å². The lowest BCUT2D eigenvalue weighted by molar-refractivity contribution is 0.103. The van der Waals surface area contributed by atoms with Crippen molar-refractivity contribution in [2.45, 2.75) is 19.6 Å². The molecule has 3 heteroatoms. The fourth-order valence-electron chi connectivity index (χ4n) is 1.78. The van der Waals surface area contributed by atoms with Crippen LogP contribution in [0.5, 0.6) is 5.75 Å². The Kier molecular flexibility index (Phi) is 3.86. The Morgan fingerprint density at radius 1 is 0.842 bits per heavy atom. The van der Waals surface area contributed by atoms with E-state index in [9.17, 15) is 4.79 Å². The van der Waals surface area contributed by atoms with E-state index in [-0.39, 0.29) is 5.78 Å². The highest BCUT2D eigenvalue weighted by molar-refractivity contribution is 6.70. The Bertz CT molecular complexity index is 554. The second-order valence-electron chi connectivity index (χ2n) is 5.43. The van der Waals surface area contributed by atoms with Gasteiger partial charge in [-0.15, -0.1) is 0 Å². The van der Waals surface area contributed by atoms with Crippen LogP contribution in [-0.2, 0) is 0 Å². The third kappa shape index (κ3) is 3.79. The molecular weight excluding hydrogens is 252 g/mol. The summed E-state index contributed by atoms with van der Waals surface area (Å²) in [6, 6.07) is 16.7. The molecule has 0 bridgehead atoms. The molecule has 0 aliphatic carbocycles. The van der Waals surface area contributed by atoms with Crippen LogP contribution in [0, 0.1) is 0 Å². The third-order valence-electron chi connectivity index (χ3n) is 2.58. The topological polar surface area (TPSA) is 26.3 Å². The van der Waals surface area contributed by atoms with Crippen molar-refractivity contribution in [2.75, 3.05) is 0 Å². The summed E-state index contributed by atoms with van der Waals surface area (Å²) in [5, 5.41) is 0. The second kappa shape index (κ2) is 5.41. The van der Waals surface area contributed by atoms with Crippen molar-refractivity contribution >= 4 is 14.1 Å². The van der Waals surface area contributed by atoms with Gasteiger partial charge in [0, 0.05) is 11.1 Å². The zero-order chi connectivity index (χ0) is 13.9. The molecule has 0 saturated carbocycles. The average Bonchev–Trinajstić information content (AvgIpc) is 2.38. The highest BCUT2D eigenvalue weighted by Crippen LogP contribution is 2.18. The maximum absolute atomic E-state index is 12.2. The fourth-order valence-corrected chi connectivity index (χ4v) is 2.63. The minimum atomic E-state index is -1.59. The predicted octanol–water partition coefficient (Wildman–Crippen LogP) is 4.13. The Labute approximate surface area is 115 Å². The van der Waals surface area contributed by atoms with Gasteiger partial charge in [0.2, 0.25) is 8.32 Å². The van der Waals surface area contributed by atoms with E-state index in [1.54, 1.807) is 0 Å². The number of benzene rings is 2. The molecule has 0 aliphatic heterocycles. The van der Waals surface area contributed by atoms with Gasteiger partial charge in [0.05, 0.1) is 0 Å². The van der Waals surface area contributed by atoms with E-state index in [0.717, 1.165) is 5.75 Å². The Morgan fingerprint density at radius 2 is 1.37 bits per heavy atom. The molecule has 0 amide bonds. The van der Waals surface area contributed by atoms with E-state index in [0.29, 0.717) is 11.1 Å². The highest BCUT2D eigenvalue weighted by atomic mass is 28.4. The van der Waals surface area contributed by atoms with Gasteiger partial charge >= 0.3 is 0 Å². The zero-order valence-corrected chi connectivity index (χ0v) is 12.5. The first-order valence-electron chi connectivity index (χ1n) is 6.34. The van der Waals surface area contributed by atoms with E-state index in [4.69, 9.17) is 4.43 Å². The summed E-state index contributed by atoms with van der Waals surface area (Å²) in [6.07, 6.45) is 0. The van der Waals surface area contributed by atoms with Crippen LogP contribution in [0.3, 0.4) is 0 Å². The molecule has 2 nitrogen and oxygen atoms in total. The maximum atomic E-state index is 12.2. The standard InChI is InChI=1S/C16H18O2Si/c1-19(2,3)18-15-11-9-14(10-12-15)16(17)13-7-5-4-6-8-13/h4-12H,1-3H3. The number of hydrogen-bond acceptors (Lipinski definition) is 2. The summed E-state index contributed by atoms with van der Waals surface area (Å²) in [5.74, 6) is 0.879. The molecule has 0 fully saturated rings. The molecule has 19 heavy (non-hydrogen) atoms. The van der Waals surface area contributed by atoms with Crippen LogP contribution in [0.1, 0.15) is 15.9 Å². The number of carbonyl (C=O) groups excluding carboxylic acids is 1. The van der Waals surface area contributed by atoms with E-state index in [1.165, 1.54) is 0 Å². The molecule has 0 heterocycles. The normalized spacial score (nSPS) is 11.1. The van der Waals surface area contributed by atoms with Crippen LogP contribution in [0.15, 0.2) is 54.6 Å². The molecule has 2 rings (SSSR count). The smallest absolute Gasteiger partial charge is 0.242 e. The Hall–Kier alpha value is -1.87. The van der Waals surface area contributed by atoms with Crippen LogP contribution in [0.2, 0.25) is 19.6 Å². The summed E-state index contributed by atoms with van der Waals surface area (Å²) < 4.78 is 5.87. The van der Waals surface area contributed by atoms with Crippen LogP contribution >= 0.6 is 0 Å². The highest BCUT2D eigenvalue weighted by Gasteiger charge is 2.16. The molecule has 0 aliphatic rings. The van der Waals surface area contributed by atoms with Gasteiger partial charge in [0.25, 0.3) is 0 Å². The fraction of sp³-hybridized carbons (Fsp3) is 0.188. The number of ketones is 1. The van der Waals surface area contributed by atoms with Crippen molar-refractivity contribution in [1.82, 2.24) is 0 Å². The van der Waals surface area contributed by atoms with Crippen molar-refractivity contribution in [1.29, 1.82) is 0 Å². The zero-order valence-electron chi connectivity index (χ0n) is 11.5. The van der Waals surface area contributed by atoms with Crippen molar-refractivity contribution < 1.29 is 9.22 Å². The van der Waals surface area contributed by atoms with Gasteiger partial charge < -0.3 is 4.43 Å². The number of rotatable bonds is 4. The largest absolute Gasteiger partial charge is 0.544 e. The van der Waals surface area contributed by atoms with E-state index < -0.39 is 8.32 Å². The van der Waals surface area contributed by atoms with Crippen molar-refractivity contribution in [3.05, 3.63) is 65.7 Å². The quantitative estimate of drug-likeness (QED) is 0.617. The lowest BCUT2D eigenvalue weighted by atomic mass is 10.0. The van der Waals surface area contributed by atoms with E-state index in [1.807, 2.05) is 54.6 Å². The van der Waals surface area contributed by atoms with Crippen LogP contribution < -0.4 is 4.43 Å². The Balaban J connectivity index is 2.17. The molecule has 0 saturated heterocycles. The predicted molar refractivity (Wildman–Crippen MR) is 80.3 cm³/mol. The summed E-state index contributed by atoms with van der Waals surface area (Å²) in [4.78, 5) is 12.2. The number of carbonyl (C=O) groups is 1. The van der Waals surface area contributed by atoms with E-state index >= 15 is 0 Å². The summed E-state index contributed by atoms with van der Waals surface area (Å²) in [6.45, 7) is 6.40. The summed E-state index contributed by atoms with van der Waals surface area (Å²) in [7, 11) is -1.59. The summed E-state index contributed by atoms with van der Waals surface area (Å²) >= 11 is 0. The summed E-state index contributed by atoms with van der Waals surface area (Å²) in [5.41, 5.74) is 1.40. The van der Waals surface area contributed by atoms with Gasteiger partial charge in [-0.2, -0.15) is 0 Å². The maximum Gasteiger partial charge on any atom is 0.242 e. The van der Waals surface area contributed by atoms with Gasteiger partial charge in [0.1, 0.15) is 5.75 Å². The Morgan fingerprint density at radius 3 is 1.89 bits per heavy atom. The first-order valence-corrected chi connectivity index (χ1v) is 9.75. The molecule has 0 N–H and O–H groups in total. The van der Waals surface area contributed by atoms with Crippen LogP contribution in [0.25, 0.3) is 0 Å². The molecule has 0 spiro atoms. The SMILES string of the molecule is C[Si](C)(C)Oc1ccc(C(=O)c2ccccc2)cc1. The van der Waals surface area contributed by atoms with Crippen LogP contribution in [0.4, 0.5) is 0 Å². The first-order chi connectivity index (χ1) is 8.96. The number of hydrogen-bond donors (Lipinski definition) is 0. The molecule has 2 aromatic carbocycles. The van der Waals surface area contributed by atoms with Crippen molar-refractivity contribution in [2.24, 2.45) is 0 Å². The molecule has 0 atom stereocenters. The molecule has 98 valence electrons. The van der Waals surface area contributed by atoms with Gasteiger partial charge in [-0.25, -0.2) is 0 Å². The van der Waals surface area contributed by atoms with Gasteiger partial charge in [-0.1, -0.05) is 30.3 Å². The monoisotopic (exact) mass is 270 g/mol. The molecular formula is C16H18O2Si. The van der Waals surface area contributed by atoms with Gasteiger partial charge in [-0.3, -0.25) is 4.79 Å². The van der Waals surface area contributed by atoms with Crippen LogP contribution in [-0.4, -0.2) is 14.1 Å².